The molecule has 0 saturated carbocycles. The second-order valence-electron chi connectivity index (χ2n) is 6.07. The summed E-state index contributed by atoms with van der Waals surface area (Å²) < 4.78 is 28.7. The monoisotopic (exact) mass is 385 g/mol. The summed E-state index contributed by atoms with van der Waals surface area (Å²) in [6, 6.07) is 11.3. The number of carbonyl (C=O) groups is 2. The second-order valence-corrected chi connectivity index (χ2v) is 6.07. The molecule has 2 aromatic carbocycles. The highest BCUT2D eigenvalue weighted by molar-refractivity contribution is 5.89. The Morgan fingerprint density at radius 1 is 1.07 bits per heavy atom. The van der Waals surface area contributed by atoms with Gasteiger partial charge in [-0.3, -0.25) is 4.79 Å². The fourth-order valence-electron chi connectivity index (χ4n) is 2.56. The number of hydrogen-bond donors (Lipinski definition) is 1. The van der Waals surface area contributed by atoms with Crippen molar-refractivity contribution in [3.63, 3.8) is 0 Å². The molecule has 1 amide bonds. The molecule has 146 valence electrons. The molecule has 1 heterocycles. The number of benzene rings is 2. The maximum Gasteiger partial charge on any atom is 0.331 e. The number of halogens is 1. The maximum atomic E-state index is 12.8. The van der Waals surface area contributed by atoms with Crippen LogP contribution in [-0.2, 0) is 20.7 Å². The van der Waals surface area contributed by atoms with Crippen LogP contribution < -0.4 is 14.8 Å². The van der Waals surface area contributed by atoms with Crippen LogP contribution in [0.1, 0.15) is 11.1 Å². The van der Waals surface area contributed by atoms with Crippen LogP contribution in [-0.4, -0.2) is 38.2 Å². The predicted molar refractivity (Wildman–Crippen MR) is 101 cm³/mol. The maximum absolute atomic E-state index is 12.8. The summed E-state index contributed by atoms with van der Waals surface area (Å²) in [5, 5.41) is 2.69. The largest absolute Gasteiger partial charge is 0.486 e. The number of nitrogens with one attached hydrogen (secondary N) is 1. The van der Waals surface area contributed by atoms with Gasteiger partial charge in [0.1, 0.15) is 19.0 Å². The Kier molecular flexibility index (Phi) is 6.62. The van der Waals surface area contributed by atoms with Gasteiger partial charge in [0.05, 0.1) is 0 Å². The van der Waals surface area contributed by atoms with Crippen LogP contribution in [0.2, 0.25) is 0 Å². The van der Waals surface area contributed by atoms with Gasteiger partial charge >= 0.3 is 5.97 Å². The summed E-state index contributed by atoms with van der Waals surface area (Å²) in [7, 11) is 0. The lowest BCUT2D eigenvalue weighted by Gasteiger charge is -2.18. The molecule has 0 bridgehead atoms. The third-order valence-electron chi connectivity index (χ3n) is 3.97. The van der Waals surface area contributed by atoms with Crippen molar-refractivity contribution >= 4 is 18.0 Å². The molecule has 6 nitrogen and oxygen atoms in total. The van der Waals surface area contributed by atoms with Crippen molar-refractivity contribution in [2.45, 2.75) is 6.42 Å². The minimum absolute atomic E-state index is 0.354. The van der Waals surface area contributed by atoms with Gasteiger partial charge < -0.3 is 19.5 Å². The fraction of sp³-hybridized carbons (Fsp3) is 0.238. The number of rotatable bonds is 7. The molecule has 0 spiro atoms. The highest BCUT2D eigenvalue weighted by Gasteiger charge is 2.12. The molecular formula is C21H20FNO5. The van der Waals surface area contributed by atoms with Crippen LogP contribution in [0.5, 0.6) is 11.5 Å². The van der Waals surface area contributed by atoms with Crippen LogP contribution in [0.4, 0.5) is 4.39 Å². The summed E-state index contributed by atoms with van der Waals surface area (Å²) >= 11 is 0. The zero-order chi connectivity index (χ0) is 19.8. The quantitative estimate of drug-likeness (QED) is 0.586. The van der Waals surface area contributed by atoms with E-state index < -0.39 is 5.97 Å². The Bertz CT molecular complexity index is 864. The zero-order valence-corrected chi connectivity index (χ0v) is 15.2. The van der Waals surface area contributed by atoms with E-state index in [1.54, 1.807) is 0 Å². The van der Waals surface area contributed by atoms with E-state index in [1.165, 1.54) is 36.4 Å². The Hall–Kier alpha value is -3.35. The second kappa shape index (κ2) is 9.55. The minimum Gasteiger partial charge on any atom is -0.486 e. The molecule has 2 aromatic rings. The van der Waals surface area contributed by atoms with Crippen molar-refractivity contribution in [1.82, 2.24) is 5.32 Å². The van der Waals surface area contributed by atoms with E-state index in [-0.39, 0.29) is 18.3 Å². The number of hydrogen-bond acceptors (Lipinski definition) is 5. The smallest absolute Gasteiger partial charge is 0.331 e. The van der Waals surface area contributed by atoms with Crippen LogP contribution in [0.3, 0.4) is 0 Å². The van der Waals surface area contributed by atoms with Crippen molar-refractivity contribution in [2.24, 2.45) is 0 Å². The van der Waals surface area contributed by atoms with Gasteiger partial charge in [-0.25, -0.2) is 9.18 Å². The van der Waals surface area contributed by atoms with Crippen LogP contribution in [0.25, 0.3) is 6.08 Å². The van der Waals surface area contributed by atoms with Crippen molar-refractivity contribution < 1.29 is 28.2 Å². The van der Waals surface area contributed by atoms with Crippen molar-refractivity contribution in [3.8, 4) is 11.5 Å². The highest BCUT2D eigenvalue weighted by atomic mass is 19.1. The molecule has 0 unspecified atom stereocenters. The standard InChI is InChI=1S/C21H20FNO5/c22-17-5-1-15(2-6-17)4-8-21(25)28-14-20(24)23-10-9-16-3-7-18-19(13-16)27-12-11-26-18/h1-8,13H,9-12,14H2,(H,23,24)/b8-4+. The summed E-state index contributed by atoms with van der Waals surface area (Å²) in [5.41, 5.74) is 1.66. The normalized spacial score (nSPS) is 12.6. The highest BCUT2D eigenvalue weighted by Crippen LogP contribution is 2.30. The summed E-state index contributed by atoms with van der Waals surface area (Å²) in [6.07, 6.45) is 3.29. The first-order valence-corrected chi connectivity index (χ1v) is 8.86. The first-order valence-electron chi connectivity index (χ1n) is 8.86. The molecular weight excluding hydrogens is 365 g/mol. The molecule has 0 saturated heterocycles. The Morgan fingerprint density at radius 2 is 1.82 bits per heavy atom. The summed E-state index contributed by atoms with van der Waals surface area (Å²) in [6.45, 7) is 1.10. The van der Waals surface area contributed by atoms with Gasteiger partial charge in [-0.1, -0.05) is 18.2 Å². The first kappa shape index (κ1) is 19.4. The van der Waals surface area contributed by atoms with Gasteiger partial charge in [0.2, 0.25) is 0 Å². The van der Waals surface area contributed by atoms with Crippen LogP contribution in [0.15, 0.2) is 48.5 Å². The van der Waals surface area contributed by atoms with Gasteiger partial charge in [-0.15, -0.1) is 0 Å². The van der Waals surface area contributed by atoms with Gasteiger partial charge in [-0.2, -0.15) is 0 Å². The Labute approximate surface area is 161 Å². The first-order chi connectivity index (χ1) is 13.6. The lowest BCUT2D eigenvalue weighted by molar-refractivity contribution is -0.143. The van der Waals surface area contributed by atoms with Crippen molar-refractivity contribution in [1.29, 1.82) is 0 Å². The molecule has 0 aromatic heterocycles. The van der Waals surface area contributed by atoms with Gasteiger partial charge in [-0.05, 0) is 47.9 Å². The molecule has 1 aliphatic heterocycles. The molecule has 0 radical (unpaired) electrons. The molecule has 28 heavy (non-hydrogen) atoms. The summed E-state index contributed by atoms with van der Waals surface area (Å²) in [4.78, 5) is 23.4. The molecule has 0 atom stereocenters. The lowest BCUT2D eigenvalue weighted by Crippen LogP contribution is -2.30. The zero-order valence-electron chi connectivity index (χ0n) is 15.2. The van der Waals surface area contributed by atoms with Gasteiger partial charge in [0.15, 0.2) is 18.1 Å². The van der Waals surface area contributed by atoms with Gasteiger partial charge in [0, 0.05) is 12.6 Å². The number of esters is 1. The van der Waals surface area contributed by atoms with E-state index >= 15 is 0 Å². The van der Waals surface area contributed by atoms with Gasteiger partial charge in [0.25, 0.3) is 5.91 Å². The Balaban J connectivity index is 1.36. The third kappa shape index (κ3) is 5.84. The van der Waals surface area contributed by atoms with Crippen molar-refractivity contribution in [3.05, 3.63) is 65.5 Å². The van der Waals surface area contributed by atoms with E-state index in [0.717, 1.165) is 11.3 Å². The predicted octanol–water partition coefficient (Wildman–Crippen LogP) is 2.51. The van der Waals surface area contributed by atoms with Crippen LogP contribution >= 0.6 is 0 Å². The average molecular weight is 385 g/mol. The number of fused-ring (bicyclic) bond motifs is 1. The number of amides is 1. The van der Waals surface area contributed by atoms with Crippen molar-refractivity contribution in [2.75, 3.05) is 26.4 Å². The Morgan fingerprint density at radius 3 is 2.61 bits per heavy atom. The molecule has 0 aliphatic carbocycles. The molecule has 7 heteroatoms. The van der Waals surface area contributed by atoms with E-state index in [4.69, 9.17) is 14.2 Å². The average Bonchev–Trinajstić information content (AvgIpc) is 2.72. The number of carbonyl (C=O) groups excluding carboxylic acids is 2. The number of ether oxygens (including phenoxy) is 3. The van der Waals surface area contributed by atoms with E-state index in [0.29, 0.717) is 37.5 Å². The van der Waals surface area contributed by atoms with E-state index in [1.807, 2.05) is 18.2 Å². The third-order valence-corrected chi connectivity index (χ3v) is 3.97. The SMILES string of the molecule is O=C(COC(=O)/C=C/c1ccc(F)cc1)NCCc1ccc2c(c1)OCCO2. The lowest BCUT2D eigenvalue weighted by atomic mass is 10.1. The molecule has 0 fully saturated rings. The molecule has 1 aliphatic rings. The van der Waals surface area contributed by atoms with E-state index in [9.17, 15) is 14.0 Å². The molecule has 3 rings (SSSR count). The molecule has 1 N–H and O–H groups in total. The minimum atomic E-state index is -0.647. The van der Waals surface area contributed by atoms with Crippen LogP contribution in [0, 0.1) is 5.82 Å². The topological polar surface area (TPSA) is 73.9 Å². The fourth-order valence-corrected chi connectivity index (χ4v) is 2.56. The van der Waals surface area contributed by atoms with E-state index in [2.05, 4.69) is 5.32 Å². The summed E-state index contributed by atoms with van der Waals surface area (Å²) in [5.74, 6) is 0.0385.